The number of carbonyl (C=O) groups is 2. The first-order valence-corrected chi connectivity index (χ1v) is 9.82. The number of hydrogen-bond acceptors (Lipinski definition) is 4. The summed E-state index contributed by atoms with van der Waals surface area (Å²) >= 11 is 3.48. The minimum absolute atomic E-state index is 0.0634. The van der Waals surface area contributed by atoms with E-state index in [0.717, 1.165) is 22.9 Å². The second-order valence-electron chi connectivity index (χ2n) is 7.54. The van der Waals surface area contributed by atoms with E-state index in [1.54, 1.807) is 25.1 Å². The van der Waals surface area contributed by atoms with Gasteiger partial charge in [0, 0.05) is 26.0 Å². The first kappa shape index (κ1) is 20.6. The van der Waals surface area contributed by atoms with Crippen LogP contribution in [0.15, 0.2) is 18.2 Å². The van der Waals surface area contributed by atoms with Crippen molar-refractivity contribution < 1.29 is 19.1 Å². The lowest BCUT2D eigenvalue weighted by Gasteiger charge is -2.38. The lowest BCUT2D eigenvalue weighted by molar-refractivity contribution is 0.0138. The molecule has 1 aliphatic rings. The molecule has 0 spiro atoms. The van der Waals surface area contributed by atoms with Crippen LogP contribution in [0.25, 0.3) is 0 Å². The number of hydrogen-bond donors (Lipinski definition) is 0. The average molecular weight is 427 g/mol. The van der Waals surface area contributed by atoms with Crippen LogP contribution < -0.4 is 4.74 Å². The third-order valence-corrected chi connectivity index (χ3v) is 4.51. The molecule has 0 saturated heterocycles. The predicted molar refractivity (Wildman–Crippen MR) is 104 cm³/mol. The van der Waals surface area contributed by atoms with Gasteiger partial charge < -0.3 is 19.3 Å². The molecule has 2 amide bonds. The standard InChI is InChI=1S/C19H27BrN2O4/c1-19(2,3)26-18(24)22-11-9-13-12-14(25-17(23)21(4)5)6-7-15(13)16(22)8-10-20/h6-7,12,16H,8-11H2,1-5H3. The zero-order valence-corrected chi connectivity index (χ0v) is 17.6. The number of carbonyl (C=O) groups excluding carboxylic acids is 2. The highest BCUT2D eigenvalue weighted by molar-refractivity contribution is 9.09. The minimum atomic E-state index is -0.527. The summed E-state index contributed by atoms with van der Waals surface area (Å²) in [5, 5.41) is 0.772. The highest BCUT2D eigenvalue weighted by Gasteiger charge is 2.33. The molecule has 1 atom stereocenters. The number of nitrogens with zero attached hydrogens (tertiary/aromatic N) is 2. The van der Waals surface area contributed by atoms with E-state index in [2.05, 4.69) is 15.9 Å². The van der Waals surface area contributed by atoms with Crippen LogP contribution in [0, 0.1) is 0 Å². The van der Waals surface area contributed by atoms with Gasteiger partial charge in [-0.15, -0.1) is 0 Å². The Morgan fingerprint density at radius 2 is 2.00 bits per heavy atom. The molecule has 144 valence electrons. The number of alkyl halides is 1. The molecule has 0 radical (unpaired) electrons. The van der Waals surface area contributed by atoms with Crippen LogP contribution >= 0.6 is 15.9 Å². The van der Waals surface area contributed by atoms with Gasteiger partial charge in [-0.1, -0.05) is 22.0 Å². The molecule has 1 heterocycles. The van der Waals surface area contributed by atoms with Gasteiger partial charge in [0.05, 0.1) is 6.04 Å². The van der Waals surface area contributed by atoms with Crippen molar-refractivity contribution in [2.45, 2.75) is 45.3 Å². The second-order valence-corrected chi connectivity index (χ2v) is 8.33. The maximum atomic E-state index is 12.6. The summed E-state index contributed by atoms with van der Waals surface area (Å²) in [6.45, 7) is 6.18. The molecule has 1 aromatic carbocycles. The molecule has 0 bridgehead atoms. The topological polar surface area (TPSA) is 59.1 Å². The van der Waals surface area contributed by atoms with E-state index in [4.69, 9.17) is 9.47 Å². The molecule has 0 fully saturated rings. The Labute approximate surface area is 163 Å². The van der Waals surface area contributed by atoms with E-state index >= 15 is 0 Å². The zero-order valence-electron chi connectivity index (χ0n) is 16.0. The van der Waals surface area contributed by atoms with Gasteiger partial charge in [-0.3, -0.25) is 0 Å². The van der Waals surface area contributed by atoms with Crippen molar-refractivity contribution in [1.82, 2.24) is 9.80 Å². The van der Waals surface area contributed by atoms with Crippen LogP contribution in [0.3, 0.4) is 0 Å². The molecule has 0 aromatic heterocycles. The normalized spacial score (nSPS) is 16.7. The fraction of sp³-hybridized carbons (Fsp3) is 0.579. The van der Waals surface area contributed by atoms with Crippen LogP contribution in [0.1, 0.15) is 44.4 Å². The van der Waals surface area contributed by atoms with Gasteiger partial charge in [0.25, 0.3) is 0 Å². The van der Waals surface area contributed by atoms with E-state index in [-0.39, 0.29) is 12.1 Å². The maximum Gasteiger partial charge on any atom is 0.414 e. The second kappa shape index (κ2) is 8.29. The Morgan fingerprint density at radius 1 is 1.31 bits per heavy atom. The van der Waals surface area contributed by atoms with Crippen LogP contribution in [0.5, 0.6) is 5.75 Å². The number of halogens is 1. The Balaban J connectivity index is 2.25. The van der Waals surface area contributed by atoms with Gasteiger partial charge in [-0.25, -0.2) is 9.59 Å². The molecule has 0 N–H and O–H groups in total. The lowest BCUT2D eigenvalue weighted by atomic mass is 9.91. The van der Waals surface area contributed by atoms with Crippen LogP contribution in [0.2, 0.25) is 0 Å². The molecule has 6 nitrogen and oxygen atoms in total. The SMILES string of the molecule is CN(C)C(=O)Oc1ccc2c(c1)CCN(C(=O)OC(C)(C)C)C2CCBr. The first-order chi connectivity index (χ1) is 12.1. The molecule has 0 aliphatic carbocycles. The maximum absolute atomic E-state index is 12.6. The smallest absolute Gasteiger partial charge is 0.414 e. The number of rotatable bonds is 3. The number of benzene rings is 1. The first-order valence-electron chi connectivity index (χ1n) is 8.70. The Morgan fingerprint density at radius 3 is 2.58 bits per heavy atom. The Kier molecular flexibility index (Phi) is 6.55. The molecule has 7 heteroatoms. The van der Waals surface area contributed by atoms with Gasteiger partial charge in [-0.2, -0.15) is 0 Å². The van der Waals surface area contributed by atoms with E-state index in [9.17, 15) is 9.59 Å². The number of amides is 2. The third-order valence-electron chi connectivity index (χ3n) is 4.05. The van der Waals surface area contributed by atoms with Crippen LogP contribution in [-0.2, 0) is 11.2 Å². The molecule has 26 heavy (non-hydrogen) atoms. The van der Waals surface area contributed by atoms with Crippen LogP contribution in [0.4, 0.5) is 9.59 Å². The van der Waals surface area contributed by atoms with Crippen molar-refractivity contribution in [2.75, 3.05) is 26.0 Å². The summed E-state index contributed by atoms with van der Waals surface area (Å²) in [5.41, 5.74) is 1.65. The fourth-order valence-electron chi connectivity index (χ4n) is 2.90. The minimum Gasteiger partial charge on any atom is -0.444 e. The summed E-state index contributed by atoms with van der Waals surface area (Å²) in [5.74, 6) is 0.519. The largest absolute Gasteiger partial charge is 0.444 e. The van der Waals surface area contributed by atoms with E-state index in [1.807, 2.05) is 32.9 Å². The summed E-state index contributed by atoms with van der Waals surface area (Å²) in [7, 11) is 3.29. The van der Waals surface area contributed by atoms with Crippen molar-refractivity contribution in [3.63, 3.8) is 0 Å². The highest BCUT2D eigenvalue weighted by Crippen LogP contribution is 2.35. The van der Waals surface area contributed by atoms with E-state index in [0.29, 0.717) is 18.7 Å². The fourth-order valence-corrected chi connectivity index (χ4v) is 3.33. The number of ether oxygens (including phenoxy) is 2. The molecule has 1 aromatic rings. The molecule has 1 aliphatic heterocycles. The number of fused-ring (bicyclic) bond motifs is 1. The van der Waals surface area contributed by atoms with E-state index in [1.165, 1.54) is 4.90 Å². The van der Waals surface area contributed by atoms with Gasteiger partial charge >= 0.3 is 12.2 Å². The Hall–Kier alpha value is -1.76. The van der Waals surface area contributed by atoms with Crippen molar-refractivity contribution in [2.24, 2.45) is 0 Å². The van der Waals surface area contributed by atoms with Crippen molar-refractivity contribution >= 4 is 28.1 Å². The molecular weight excluding hydrogens is 400 g/mol. The summed E-state index contributed by atoms with van der Waals surface area (Å²) in [6, 6.07) is 5.55. The molecule has 0 saturated carbocycles. The zero-order chi connectivity index (χ0) is 19.5. The van der Waals surface area contributed by atoms with Gasteiger partial charge in [0.15, 0.2) is 0 Å². The predicted octanol–water partition coefficient (Wildman–Crippen LogP) is 4.37. The summed E-state index contributed by atoms with van der Waals surface area (Å²) < 4.78 is 10.9. The molecule has 2 rings (SSSR count). The van der Waals surface area contributed by atoms with Crippen molar-refractivity contribution in [1.29, 1.82) is 0 Å². The lowest BCUT2D eigenvalue weighted by Crippen LogP contribution is -2.43. The Bertz CT molecular complexity index is 670. The average Bonchev–Trinajstić information content (AvgIpc) is 2.53. The van der Waals surface area contributed by atoms with Gasteiger partial charge in [-0.05, 0) is 56.9 Å². The van der Waals surface area contributed by atoms with Crippen molar-refractivity contribution in [3.8, 4) is 5.75 Å². The molecule has 1 unspecified atom stereocenters. The third kappa shape index (κ3) is 5.13. The quantitative estimate of drug-likeness (QED) is 0.673. The summed E-state index contributed by atoms with van der Waals surface area (Å²) in [4.78, 5) is 27.5. The van der Waals surface area contributed by atoms with E-state index < -0.39 is 11.7 Å². The molecular formula is C19H27BrN2O4. The van der Waals surface area contributed by atoms with Crippen molar-refractivity contribution in [3.05, 3.63) is 29.3 Å². The van der Waals surface area contributed by atoms with Gasteiger partial charge in [0.2, 0.25) is 0 Å². The summed E-state index contributed by atoms with van der Waals surface area (Å²) in [6.07, 6.45) is 0.773. The monoisotopic (exact) mass is 426 g/mol. The van der Waals surface area contributed by atoms with Crippen LogP contribution in [-0.4, -0.2) is 53.6 Å². The van der Waals surface area contributed by atoms with Gasteiger partial charge in [0.1, 0.15) is 11.4 Å². The highest BCUT2D eigenvalue weighted by atomic mass is 79.9.